The first-order valence-corrected chi connectivity index (χ1v) is 9.13. The number of carbonyl (C=O) groups is 3. The van der Waals surface area contributed by atoms with Crippen molar-refractivity contribution in [3.63, 3.8) is 0 Å². The van der Waals surface area contributed by atoms with Crippen molar-refractivity contribution >= 4 is 52.7 Å². The molecule has 0 aliphatic heterocycles. The van der Waals surface area contributed by atoms with Crippen molar-refractivity contribution in [1.29, 1.82) is 0 Å². The van der Waals surface area contributed by atoms with Crippen molar-refractivity contribution in [1.82, 2.24) is 0 Å². The number of halogens is 3. The van der Waals surface area contributed by atoms with Crippen LogP contribution in [0.25, 0.3) is 0 Å². The monoisotopic (exact) mass is 422 g/mol. The van der Waals surface area contributed by atoms with E-state index < -0.39 is 23.7 Å². The summed E-state index contributed by atoms with van der Waals surface area (Å²) < 4.78 is 9.91. The van der Waals surface area contributed by atoms with Gasteiger partial charge in [-0.3, -0.25) is 0 Å². The first-order chi connectivity index (χ1) is 12.2. The zero-order valence-corrected chi connectivity index (χ0v) is 16.2. The summed E-state index contributed by atoms with van der Waals surface area (Å²) in [5.74, 6) is -3.94. The number of hydrogen-bond donors (Lipinski definition) is 1. The number of benzene rings is 1. The third-order valence-electron chi connectivity index (χ3n) is 3.96. The van der Waals surface area contributed by atoms with Crippen LogP contribution in [0.4, 0.5) is 0 Å². The molecule has 0 bridgehead atoms. The van der Waals surface area contributed by atoms with Gasteiger partial charge in [0.05, 0.1) is 21.7 Å². The number of hydrogen-bond acceptors (Lipinski definition) is 5. The molecule has 2 rings (SSSR count). The van der Waals surface area contributed by atoms with E-state index in [1.807, 2.05) is 6.92 Å². The van der Waals surface area contributed by atoms with Crippen LogP contribution in [0.5, 0.6) is 5.75 Å². The van der Waals surface area contributed by atoms with Crippen LogP contribution >= 0.6 is 34.8 Å². The predicted octanol–water partition coefficient (Wildman–Crippen LogP) is 4.62. The van der Waals surface area contributed by atoms with E-state index >= 15 is 0 Å². The van der Waals surface area contributed by atoms with Crippen molar-refractivity contribution in [3.05, 3.63) is 26.7 Å². The lowest BCUT2D eigenvalue weighted by Crippen LogP contribution is -2.22. The Hall–Kier alpha value is -1.50. The van der Waals surface area contributed by atoms with Crippen LogP contribution in [0.15, 0.2) is 6.07 Å². The fourth-order valence-corrected chi connectivity index (χ4v) is 3.02. The molecule has 1 fully saturated rings. The van der Waals surface area contributed by atoms with E-state index in [2.05, 4.69) is 4.74 Å². The Morgan fingerprint density at radius 2 is 1.88 bits per heavy atom. The van der Waals surface area contributed by atoms with E-state index in [0.29, 0.717) is 0 Å². The first-order valence-electron chi connectivity index (χ1n) is 8.00. The highest BCUT2D eigenvalue weighted by molar-refractivity contribution is 6.46. The Morgan fingerprint density at radius 3 is 2.46 bits per heavy atom. The Morgan fingerprint density at radius 1 is 1.23 bits per heavy atom. The largest absolute Gasteiger partial charge is 0.473 e. The van der Waals surface area contributed by atoms with Gasteiger partial charge in [-0.1, -0.05) is 61.0 Å². The quantitative estimate of drug-likeness (QED) is 0.298. The Labute approximate surface area is 165 Å². The van der Waals surface area contributed by atoms with Crippen molar-refractivity contribution in [3.8, 4) is 5.75 Å². The molecule has 1 unspecified atom stereocenters. The second-order valence-electron chi connectivity index (χ2n) is 6.28. The lowest BCUT2D eigenvalue weighted by Gasteiger charge is -2.15. The second kappa shape index (κ2) is 8.93. The van der Waals surface area contributed by atoms with Crippen LogP contribution in [0, 0.1) is 11.8 Å². The maximum absolute atomic E-state index is 12.4. The molecule has 26 heavy (non-hydrogen) atoms. The minimum Gasteiger partial charge on any atom is -0.473 e. The molecule has 0 saturated heterocycles. The average Bonchev–Trinajstić information content (AvgIpc) is 3.40. The summed E-state index contributed by atoms with van der Waals surface area (Å²) in [6.07, 6.45) is 4.51. The molecule has 1 aliphatic rings. The maximum atomic E-state index is 12.4. The second-order valence-corrected chi connectivity index (χ2v) is 7.47. The molecule has 0 radical (unpaired) electrons. The summed E-state index contributed by atoms with van der Waals surface area (Å²) >= 11 is 17.9. The number of carboxylic acid groups (broad SMARTS) is 1. The van der Waals surface area contributed by atoms with Gasteiger partial charge in [0.2, 0.25) is 0 Å². The average molecular weight is 424 g/mol. The molecule has 0 spiro atoms. The molecule has 1 saturated carbocycles. The van der Waals surface area contributed by atoms with Crippen molar-refractivity contribution in [2.45, 2.75) is 32.6 Å². The summed E-state index contributed by atoms with van der Waals surface area (Å²) in [6, 6.07) is 1.14. The van der Waals surface area contributed by atoms with Gasteiger partial charge in [-0.15, -0.1) is 0 Å². The first kappa shape index (κ1) is 20.8. The molecule has 6 nitrogen and oxygen atoms in total. The van der Waals surface area contributed by atoms with Gasteiger partial charge in [-0.2, -0.15) is 0 Å². The summed E-state index contributed by atoms with van der Waals surface area (Å²) in [6.45, 7) is 2.09. The van der Waals surface area contributed by atoms with Gasteiger partial charge < -0.3 is 14.6 Å². The lowest BCUT2D eigenvalue weighted by atomic mass is 10.0. The molecular formula is C17H17Cl3O6. The van der Waals surface area contributed by atoms with Gasteiger partial charge in [0.15, 0.2) is 5.75 Å². The summed E-state index contributed by atoms with van der Waals surface area (Å²) in [4.78, 5) is 34.5. The molecule has 0 aromatic heterocycles. The van der Waals surface area contributed by atoms with Gasteiger partial charge in [0.25, 0.3) is 0 Å². The fraction of sp³-hybridized carbons (Fsp3) is 0.471. The van der Waals surface area contributed by atoms with E-state index in [4.69, 9.17) is 44.6 Å². The highest BCUT2D eigenvalue weighted by atomic mass is 35.5. The van der Waals surface area contributed by atoms with Crippen LogP contribution < -0.4 is 4.74 Å². The highest BCUT2D eigenvalue weighted by Crippen LogP contribution is 2.40. The van der Waals surface area contributed by atoms with Gasteiger partial charge in [0, 0.05) is 0 Å². The van der Waals surface area contributed by atoms with E-state index in [1.165, 1.54) is 12.8 Å². The molecule has 142 valence electrons. The Bertz CT molecular complexity index is 730. The number of aliphatic carboxylic acids is 1. The van der Waals surface area contributed by atoms with E-state index in [9.17, 15) is 14.4 Å². The van der Waals surface area contributed by atoms with E-state index in [1.54, 1.807) is 0 Å². The standard InChI is InChI=1S/C17H17Cl3O6/c1-8(2-3-9-4-5-9)7-25-16(23)12-13(20)10(18)6-11(19)14(12)26-17(24)15(21)22/h6,8-9H,2-5,7H2,1H3,(H,21,22). The Balaban J connectivity index is 2.15. The summed E-state index contributed by atoms with van der Waals surface area (Å²) in [5, 5.41) is 8.15. The summed E-state index contributed by atoms with van der Waals surface area (Å²) in [5.41, 5.74) is -0.381. The number of ether oxygens (including phenoxy) is 2. The van der Waals surface area contributed by atoms with Crippen LogP contribution in [-0.2, 0) is 14.3 Å². The van der Waals surface area contributed by atoms with E-state index in [0.717, 1.165) is 24.8 Å². The molecular weight excluding hydrogens is 407 g/mol. The van der Waals surface area contributed by atoms with Crippen molar-refractivity contribution in [2.24, 2.45) is 11.8 Å². The molecule has 1 atom stereocenters. The number of esters is 2. The van der Waals surface area contributed by atoms with E-state index in [-0.39, 0.29) is 33.2 Å². The van der Waals surface area contributed by atoms with Crippen LogP contribution in [0.3, 0.4) is 0 Å². The topological polar surface area (TPSA) is 89.9 Å². The Kier molecular flexibility index (Phi) is 7.15. The number of rotatable bonds is 7. The third-order valence-corrected chi connectivity index (χ3v) is 5.03. The zero-order valence-electron chi connectivity index (χ0n) is 13.9. The smallest absolute Gasteiger partial charge is 0.422 e. The van der Waals surface area contributed by atoms with Gasteiger partial charge >= 0.3 is 17.9 Å². The highest BCUT2D eigenvalue weighted by Gasteiger charge is 2.28. The molecule has 1 N–H and O–H groups in total. The molecule has 0 amide bonds. The molecule has 1 aromatic carbocycles. The van der Waals surface area contributed by atoms with Crippen LogP contribution in [0.1, 0.15) is 43.0 Å². The van der Waals surface area contributed by atoms with Crippen molar-refractivity contribution < 1.29 is 29.0 Å². The molecule has 1 aliphatic carbocycles. The normalized spacial score (nSPS) is 14.6. The fourth-order valence-electron chi connectivity index (χ4n) is 2.30. The molecule has 9 heteroatoms. The summed E-state index contributed by atoms with van der Waals surface area (Å²) in [7, 11) is 0. The maximum Gasteiger partial charge on any atom is 0.422 e. The predicted molar refractivity (Wildman–Crippen MR) is 96.1 cm³/mol. The van der Waals surface area contributed by atoms with Gasteiger partial charge in [-0.05, 0) is 24.3 Å². The minimum atomic E-state index is -1.85. The van der Waals surface area contributed by atoms with Crippen LogP contribution in [-0.4, -0.2) is 29.6 Å². The molecule has 1 aromatic rings. The van der Waals surface area contributed by atoms with Crippen LogP contribution in [0.2, 0.25) is 15.1 Å². The van der Waals surface area contributed by atoms with Gasteiger partial charge in [-0.25, -0.2) is 14.4 Å². The van der Waals surface area contributed by atoms with Crippen molar-refractivity contribution in [2.75, 3.05) is 6.61 Å². The SMILES string of the molecule is CC(CCC1CC1)COC(=O)c1c(Cl)c(Cl)cc(Cl)c1OC(=O)C(=O)O. The minimum absolute atomic E-state index is 0.0551. The number of carboxylic acids is 1. The third kappa shape index (κ3) is 5.50. The van der Waals surface area contributed by atoms with Gasteiger partial charge in [0.1, 0.15) is 5.56 Å². The zero-order chi connectivity index (χ0) is 19.4. The number of carbonyl (C=O) groups excluding carboxylic acids is 2. The lowest BCUT2D eigenvalue weighted by molar-refractivity contribution is -0.158. The molecule has 0 heterocycles.